The van der Waals surface area contributed by atoms with Gasteiger partial charge in [-0.05, 0) is 48.4 Å². The summed E-state index contributed by atoms with van der Waals surface area (Å²) in [4.78, 5) is 2.56. The number of benzene rings is 2. The molecule has 2 aliphatic heterocycles. The van der Waals surface area contributed by atoms with E-state index in [0.717, 1.165) is 64.3 Å². The van der Waals surface area contributed by atoms with Gasteiger partial charge in [0.1, 0.15) is 5.75 Å². The summed E-state index contributed by atoms with van der Waals surface area (Å²) in [6.07, 6.45) is 4.49. The van der Waals surface area contributed by atoms with Crippen molar-refractivity contribution in [1.82, 2.24) is 4.90 Å². The Kier molecular flexibility index (Phi) is 7.78. The lowest BCUT2D eigenvalue weighted by Gasteiger charge is -2.49. The van der Waals surface area contributed by atoms with Crippen molar-refractivity contribution < 1.29 is 14.2 Å². The zero-order chi connectivity index (χ0) is 23.3. The van der Waals surface area contributed by atoms with E-state index in [4.69, 9.17) is 14.2 Å². The third-order valence-electron chi connectivity index (χ3n) is 6.81. The maximum atomic E-state index is 6.82. The van der Waals surface area contributed by atoms with Gasteiger partial charge in [0.15, 0.2) is 0 Å². The molecule has 2 aliphatic rings. The second-order valence-corrected chi connectivity index (χ2v) is 11.0. The fraction of sp³-hybridized carbons (Fsp3) is 0.586. The summed E-state index contributed by atoms with van der Waals surface area (Å²) in [5, 5.41) is 0. The van der Waals surface area contributed by atoms with Crippen molar-refractivity contribution in [2.24, 2.45) is 5.41 Å². The molecule has 4 heteroatoms. The maximum Gasteiger partial charge on any atom is 0.119 e. The van der Waals surface area contributed by atoms with E-state index in [1.165, 1.54) is 11.1 Å². The molecule has 2 saturated heterocycles. The minimum atomic E-state index is -0.0697. The van der Waals surface area contributed by atoms with E-state index in [1.807, 2.05) is 0 Å². The zero-order valence-electron chi connectivity index (χ0n) is 20.9. The first-order chi connectivity index (χ1) is 15.8. The Labute approximate surface area is 200 Å². The van der Waals surface area contributed by atoms with Crippen LogP contribution in [0.4, 0.5) is 0 Å². The van der Waals surface area contributed by atoms with Crippen molar-refractivity contribution in [1.29, 1.82) is 0 Å². The van der Waals surface area contributed by atoms with Crippen LogP contribution in [0.25, 0.3) is 0 Å². The van der Waals surface area contributed by atoms with Crippen molar-refractivity contribution in [3.8, 4) is 5.75 Å². The molecule has 2 atom stereocenters. The van der Waals surface area contributed by atoms with Crippen molar-refractivity contribution in [2.75, 3.05) is 26.3 Å². The van der Waals surface area contributed by atoms with Crippen LogP contribution in [-0.4, -0.2) is 42.9 Å². The van der Waals surface area contributed by atoms with Crippen LogP contribution in [0.1, 0.15) is 70.6 Å². The Balaban J connectivity index is 1.34. The minimum Gasteiger partial charge on any atom is -0.493 e. The smallest absolute Gasteiger partial charge is 0.119 e. The van der Waals surface area contributed by atoms with Gasteiger partial charge in [-0.25, -0.2) is 0 Å². The molecule has 2 aromatic carbocycles. The van der Waals surface area contributed by atoms with Crippen LogP contribution < -0.4 is 4.74 Å². The van der Waals surface area contributed by atoms with Crippen LogP contribution in [0.3, 0.4) is 0 Å². The van der Waals surface area contributed by atoms with Gasteiger partial charge in [-0.15, -0.1) is 0 Å². The fourth-order valence-corrected chi connectivity index (χ4v) is 5.06. The summed E-state index contributed by atoms with van der Waals surface area (Å²) in [6, 6.07) is 19.3. The van der Waals surface area contributed by atoms with Crippen molar-refractivity contribution in [3.63, 3.8) is 0 Å². The SMILES string of the molecule is CCOC1CC(c2ccccc2)OC2(CCN(Cc3ccc(OCC(C)(C)C)cc3)CC2)C1. The normalized spacial score (nSPS) is 23.5. The standard InChI is InChI=1S/C29H41NO3/c1-5-31-26-19-27(24-9-7-6-8-10-24)33-29(20-26)15-17-30(18-16-29)21-23-11-13-25(14-12-23)32-22-28(2,3)4/h6-14,26-27H,5,15-22H2,1-4H3. The Bertz CT molecular complexity index is 851. The highest BCUT2D eigenvalue weighted by molar-refractivity contribution is 5.27. The molecule has 4 nitrogen and oxygen atoms in total. The maximum absolute atomic E-state index is 6.82. The lowest BCUT2D eigenvalue weighted by atomic mass is 9.80. The van der Waals surface area contributed by atoms with Crippen LogP contribution >= 0.6 is 0 Å². The Morgan fingerprint density at radius 3 is 2.33 bits per heavy atom. The molecular weight excluding hydrogens is 410 g/mol. The van der Waals surface area contributed by atoms with Gasteiger partial charge in [0.05, 0.1) is 24.4 Å². The molecule has 4 rings (SSSR count). The minimum absolute atomic E-state index is 0.0697. The van der Waals surface area contributed by atoms with E-state index in [0.29, 0.717) is 0 Å². The second kappa shape index (κ2) is 10.6. The van der Waals surface area contributed by atoms with E-state index >= 15 is 0 Å². The lowest BCUT2D eigenvalue weighted by Crippen LogP contribution is -2.51. The van der Waals surface area contributed by atoms with Crippen LogP contribution in [0.2, 0.25) is 0 Å². The van der Waals surface area contributed by atoms with E-state index in [-0.39, 0.29) is 23.2 Å². The predicted octanol–water partition coefficient (Wildman–Crippen LogP) is 6.40. The molecule has 0 amide bonds. The number of hydrogen-bond acceptors (Lipinski definition) is 4. The van der Waals surface area contributed by atoms with Gasteiger partial charge in [0, 0.05) is 39.1 Å². The highest BCUT2D eigenvalue weighted by atomic mass is 16.5. The van der Waals surface area contributed by atoms with Crippen molar-refractivity contribution >= 4 is 0 Å². The van der Waals surface area contributed by atoms with Gasteiger partial charge >= 0.3 is 0 Å². The second-order valence-electron chi connectivity index (χ2n) is 11.0. The fourth-order valence-electron chi connectivity index (χ4n) is 5.06. The van der Waals surface area contributed by atoms with Crippen LogP contribution in [0, 0.1) is 5.41 Å². The largest absolute Gasteiger partial charge is 0.493 e. The van der Waals surface area contributed by atoms with Crippen LogP contribution in [0.5, 0.6) is 5.75 Å². The summed E-state index contributed by atoms with van der Waals surface area (Å²) in [6.45, 7) is 13.3. The summed E-state index contributed by atoms with van der Waals surface area (Å²) in [5.74, 6) is 0.954. The Morgan fingerprint density at radius 1 is 1.00 bits per heavy atom. The molecule has 0 radical (unpaired) electrons. The van der Waals surface area contributed by atoms with Crippen LogP contribution in [-0.2, 0) is 16.0 Å². The van der Waals surface area contributed by atoms with E-state index in [9.17, 15) is 0 Å². The number of piperidine rings is 1. The van der Waals surface area contributed by atoms with Gasteiger partial charge in [0.25, 0.3) is 0 Å². The molecule has 2 unspecified atom stereocenters. The summed E-state index contributed by atoms with van der Waals surface area (Å²) < 4.78 is 18.9. The van der Waals surface area contributed by atoms with Gasteiger partial charge in [-0.1, -0.05) is 63.2 Å². The molecule has 0 aromatic heterocycles. The first-order valence-electron chi connectivity index (χ1n) is 12.6. The molecular formula is C29H41NO3. The molecule has 0 aliphatic carbocycles. The van der Waals surface area contributed by atoms with Gasteiger partial charge in [-0.3, -0.25) is 4.90 Å². The highest BCUT2D eigenvalue weighted by Gasteiger charge is 2.44. The Morgan fingerprint density at radius 2 is 1.70 bits per heavy atom. The Hall–Kier alpha value is -1.88. The highest BCUT2D eigenvalue weighted by Crippen LogP contribution is 2.44. The molecule has 0 N–H and O–H groups in total. The predicted molar refractivity (Wildman–Crippen MR) is 134 cm³/mol. The monoisotopic (exact) mass is 451 g/mol. The average molecular weight is 452 g/mol. The summed E-state index contributed by atoms with van der Waals surface area (Å²) >= 11 is 0. The van der Waals surface area contributed by atoms with Gasteiger partial charge < -0.3 is 14.2 Å². The zero-order valence-corrected chi connectivity index (χ0v) is 20.9. The van der Waals surface area contributed by atoms with Crippen molar-refractivity contribution in [2.45, 2.75) is 77.7 Å². The van der Waals surface area contributed by atoms with Gasteiger partial charge in [0.2, 0.25) is 0 Å². The number of rotatable bonds is 7. The quantitative estimate of drug-likeness (QED) is 0.487. The molecule has 2 fully saturated rings. The molecule has 1 spiro atoms. The van der Waals surface area contributed by atoms with E-state index in [1.54, 1.807) is 0 Å². The lowest BCUT2D eigenvalue weighted by molar-refractivity contribution is -0.193. The molecule has 2 heterocycles. The van der Waals surface area contributed by atoms with Gasteiger partial charge in [-0.2, -0.15) is 0 Å². The molecule has 0 bridgehead atoms. The van der Waals surface area contributed by atoms with E-state index < -0.39 is 0 Å². The summed E-state index contributed by atoms with van der Waals surface area (Å²) in [7, 11) is 0. The number of hydrogen-bond donors (Lipinski definition) is 0. The number of nitrogens with zero attached hydrogens (tertiary/aromatic N) is 1. The third kappa shape index (κ3) is 6.81. The summed E-state index contributed by atoms with van der Waals surface area (Å²) in [5.41, 5.74) is 2.72. The van der Waals surface area contributed by atoms with Crippen LogP contribution in [0.15, 0.2) is 54.6 Å². The van der Waals surface area contributed by atoms with Crippen molar-refractivity contribution in [3.05, 3.63) is 65.7 Å². The van der Waals surface area contributed by atoms with E-state index in [2.05, 4.69) is 87.2 Å². The molecule has 0 saturated carbocycles. The third-order valence-corrected chi connectivity index (χ3v) is 6.81. The molecule has 2 aromatic rings. The molecule has 180 valence electrons. The number of ether oxygens (including phenoxy) is 3. The average Bonchev–Trinajstić information content (AvgIpc) is 2.80. The first kappa shape index (κ1) is 24.3. The molecule has 33 heavy (non-hydrogen) atoms. The topological polar surface area (TPSA) is 30.9 Å². The first-order valence-corrected chi connectivity index (χ1v) is 12.6. The number of likely N-dealkylation sites (tertiary alicyclic amines) is 1.